The van der Waals surface area contributed by atoms with E-state index in [9.17, 15) is 4.79 Å². The minimum atomic E-state index is -0.00432. The third-order valence-corrected chi connectivity index (χ3v) is 3.38. The maximum absolute atomic E-state index is 12.0. The second kappa shape index (κ2) is 6.31. The summed E-state index contributed by atoms with van der Waals surface area (Å²) in [6, 6.07) is 13.3. The van der Waals surface area contributed by atoms with E-state index in [1.54, 1.807) is 12.2 Å². The molecule has 3 heteroatoms. The van der Waals surface area contributed by atoms with Gasteiger partial charge in [-0.2, -0.15) is 0 Å². The molecule has 3 nitrogen and oxygen atoms in total. The second-order valence-corrected chi connectivity index (χ2v) is 5.06. The Morgan fingerprint density at radius 2 is 1.77 bits per heavy atom. The topological polar surface area (TPSA) is 35.5 Å². The molecule has 0 bridgehead atoms. The van der Waals surface area contributed by atoms with Gasteiger partial charge in [-0.25, -0.2) is 0 Å². The largest absolute Gasteiger partial charge is 0.454 e. The normalized spacial score (nSPS) is 13.1. The van der Waals surface area contributed by atoms with E-state index in [2.05, 4.69) is 0 Å². The van der Waals surface area contributed by atoms with Gasteiger partial charge in [0.05, 0.1) is 0 Å². The zero-order valence-electron chi connectivity index (χ0n) is 12.3. The van der Waals surface area contributed by atoms with Gasteiger partial charge in [0.25, 0.3) is 0 Å². The molecule has 0 fully saturated rings. The van der Waals surface area contributed by atoms with Crippen LogP contribution in [0.5, 0.6) is 11.5 Å². The average Bonchev–Trinajstić information content (AvgIpc) is 2.99. The smallest absolute Gasteiger partial charge is 0.231 e. The quantitative estimate of drug-likeness (QED) is 0.482. The summed E-state index contributed by atoms with van der Waals surface area (Å²) in [6.45, 7) is 2.27. The number of rotatable bonds is 4. The van der Waals surface area contributed by atoms with E-state index in [1.807, 2.05) is 61.5 Å². The minimum absolute atomic E-state index is 0.00432. The molecule has 1 heterocycles. The molecular formula is C19H16O3. The maximum Gasteiger partial charge on any atom is 0.231 e. The van der Waals surface area contributed by atoms with Gasteiger partial charge in [0, 0.05) is 5.56 Å². The summed E-state index contributed by atoms with van der Waals surface area (Å²) < 4.78 is 10.6. The molecule has 0 spiro atoms. The lowest BCUT2D eigenvalue weighted by molar-refractivity contribution is 0.104. The van der Waals surface area contributed by atoms with E-state index >= 15 is 0 Å². The van der Waals surface area contributed by atoms with E-state index in [0.29, 0.717) is 5.56 Å². The number of ketones is 1. The number of fused-ring (bicyclic) bond motifs is 1. The highest BCUT2D eigenvalue weighted by molar-refractivity contribution is 6.04. The van der Waals surface area contributed by atoms with Gasteiger partial charge < -0.3 is 9.47 Å². The van der Waals surface area contributed by atoms with Crippen LogP contribution in [0, 0.1) is 6.92 Å². The van der Waals surface area contributed by atoms with Crippen molar-refractivity contribution in [2.75, 3.05) is 6.79 Å². The van der Waals surface area contributed by atoms with Crippen LogP contribution in [0.15, 0.2) is 60.7 Å². The van der Waals surface area contributed by atoms with Crippen LogP contribution in [-0.2, 0) is 0 Å². The van der Waals surface area contributed by atoms with Crippen molar-refractivity contribution in [1.29, 1.82) is 0 Å². The van der Waals surface area contributed by atoms with Crippen molar-refractivity contribution in [3.05, 3.63) is 77.4 Å². The van der Waals surface area contributed by atoms with Crippen molar-refractivity contribution in [2.45, 2.75) is 6.92 Å². The highest BCUT2D eigenvalue weighted by Gasteiger charge is 2.11. The molecule has 3 rings (SSSR count). The molecule has 110 valence electrons. The molecule has 0 radical (unpaired) electrons. The summed E-state index contributed by atoms with van der Waals surface area (Å²) in [6.07, 6.45) is 7.06. The Morgan fingerprint density at radius 1 is 1.00 bits per heavy atom. The molecule has 0 aromatic heterocycles. The number of hydrogen-bond donors (Lipinski definition) is 0. The average molecular weight is 292 g/mol. The summed E-state index contributed by atoms with van der Waals surface area (Å²) >= 11 is 0. The molecule has 0 unspecified atom stereocenters. The Kier molecular flexibility index (Phi) is 4.05. The zero-order valence-corrected chi connectivity index (χ0v) is 12.3. The van der Waals surface area contributed by atoms with Crippen LogP contribution in [0.4, 0.5) is 0 Å². The number of carbonyl (C=O) groups is 1. The van der Waals surface area contributed by atoms with Crippen molar-refractivity contribution in [3.8, 4) is 11.5 Å². The van der Waals surface area contributed by atoms with Gasteiger partial charge in [-0.1, -0.05) is 54.1 Å². The number of benzene rings is 2. The monoisotopic (exact) mass is 292 g/mol. The van der Waals surface area contributed by atoms with Gasteiger partial charge in [0.2, 0.25) is 6.79 Å². The molecule has 0 saturated heterocycles. The SMILES string of the molecule is Cc1ccc(C(=O)/C=C/C=C/c2ccc3c(c2)OCO3)cc1. The van der Waals surface area contributed by atoms with Crippen molar-refractivity contribution < 1.29 is 14.3 Å². The molecule has 1 aliphatic rings. The number of hydrogen-bond acceptors (Lipinski definition) is 3. The number of allylic oxidation sites excluding steroid dienone is 3. The molecule has 0 saturated carbocycles. The summed E-state index contributed by atoms with van der Waals surface area (Å²) in [4.78, 5) is 12.0. The van der Waals surface area contributed by atoms with Crippen molar-refractivity contribution in [2.24, 2.45) is 0 Å². The zero-order chi connectivity index (χ0) is 15.4. The Hall–Kier alpha value is -2.81. The van der Waals surface area contributed by atoms with Crippen molar-refractivity contribution in [1.82, 2.24) is 0 Å². The van der Waals surface area contributed by atoms with Crippen LogP contribution >= 0.6 is 0 Å². The Labute approximate surface area is 129 Å². The standard InChI is InChI=1S/C19H16O3/c1-14-6-9-16(10-7-14)17(20)5-3-2-4-15-8-11-18-19(12-15)22-13-21-18/h2-12H,13H2,1H3/b4-2+,5-3+. The Balaban J connectivity index is 1.64. The number of aryl methyl sites for hydroxylation is 1. The molecule has 0 atom stereocenters. The van der Waals surface area contributed by atoms with E-state index in [0.717, 1.165) is 22.6 Å². The van der Waals surface area contributed by atoms with Crippen LogP contribution < -0.4 is 9.47 Å². The molecular weight excluding hydrogens is 276 g/mol. The summed E-state index contributed by atoms with van der Waals surface area (Å²) in [5.41, 5.74) is 2.83. The summed E-state index contributed by atoms with van der Waals surface area (Å²) in [5.74, 6) is 1.51. The van der Waals surface area contributed by atoms with Crippen molar-refractivity contribution >= 4 is 11.9 Å². The first-order valence-corrected chi connectivity index (χ1v) is 7.08. The Bertz CT molecular complexity index is 740. The van der Waals surface area contributed by atoms with Crippen LogP contribution in [0.2, 0.25) is 0 Å². The third kappa shape index (κ3) is 3.26. The third-order valence-electron chi connectivity index (χ3n) is 3.38. The van der Waals surface area contributed by atoms with E-state index < -0.39 is 0 Å². The van der Waals surface area contributed by atoms with Crippen LogP contribution in [0.3, 0.4) is 0 Å². The number of carbonyl (C=O) groups excluding carboxylic acids is 1. The fraction of sp³-hybridized carbons (Fsp3) is 0.105. The highest BCUT2D eigenvalue weighted by atomic mass is 16.7. The van der Waals surface area contributed by atoms with E-state index in [4.69, 9.17) is 9.47 Å². The lowest BCUT2D eigenvalue weighted by atomic mass is 10.1. The van der Waals surface area contributed by atoms with Crippen LogP contribution in [0.1, 0.15) is 21.5 Å². The van der Waals surface area contributed by atoms with Crippen LogP contribution in [-0.4, -0.2) is 12.6 Å². The van der Waals surface area contributed by atoms with E-state index in [1.165, 1.54) is 0 Å². The van der Waals surface area contributed by atoms with Gasteiger partial charge in [-0.05, 0) is 30.7 Å². The fourth-order valence-corrected chi connectivity index (χ4v) is 2.14. The number of ether oxygens (including phenoxy) is 2. The predicted molar refractivity (Wildman–Crippen MR) is 86.2 cm³/mol. The van der Waals surface area contributed by atoms with E-state index in [-0.39, 0.29) is 12.6 Å². The molecule has 2 aromatic rings. The van der Waals surface area contributed by atoms with Gasteiger partial charge in [-0.15, -0.1) is 0 Å². The predicted octanol–water partition coefficient (Wildman–Crippen LogP) is 4.18. The second-order valence-electron chi connectivity index (χ2n) is 5.06. The van der Waals surface area contributed by atoms with Gasteiger partial charge in [0.1, 0.15) is 0 Å². The van der Waals surface area contributed by atoms with Gasteiger partial charge >= 0.3 is 0 Å². The fourth-order valence-electron chi connectivity index (χ4n) is 2.14. The first kappa shape index (κ1) is 14.1. The molecule has 2 aromatic carbocycles. The van der Waals surface area contributed by atoms with Gasteiger partial charge in [0.15, 0.2) is 17.3 Å². The highest BCUT2D eigenvalue weighted by Crippen LogP contribution is 2.32. The lowest BCUT2D eigenvalue weighted by Gasteiger charge is -1.97. The summed E-state index contributed by atoms with van der Waals surface area (Å²) in [5, 5.41) is 0. The van der Waals surface area contributed by atoms with Crippen LogP contribution in [0.25, 0.3) is 6.08 Å². The molecule has 0 amide bonds. The minimum Gasteiger partial charge on any atom is -0.454 e. The molecule has 1 aliphatic heterocycles. The van der Waals surface area contributed by atoms with Gasteiger partial charge in [-0.3, -0.25) is 4.79 Å². The first-order valence-electron chi connectivity index (χ1n) is 7.08. The lowest BCUT2D eigenvalue weighted by Crippen LogP contribution is -1.93. The maximum atomic E-state index is 12.0. The molecule has 0 N–H and O–H groups in total. The molecule has 22 heavy (non-hydrogen) atoms. The first-order chi connectivity index (χ1) is 10.7. The van der Waals surface area contributed by atoms with Crippen molar-refractivity contribution in [3.63, 3.8) is 0 Å². The Morgan fingerprint density at radius 3 is 2.59 bits per heavy atom. The summed E-state index contributed by atoms with van der Waals surface area (Å²) in [7, 11) is 0. The molecule has 0 aliphatic carbocycles.